The molecule has 0 N–H and O–H groups in total. The molecule has 2 aromatic rings. The number of nitro benzene ring substituents is 1. The third-order valence-electron chi connectivity index (χ3n) is 4.49. The Labute approximate surface area is 171 Å². The highest BCUT2D eigenvalue weighted by molar-refractivity contribution is 7.98. The maximum atomic E-state index is 13.0. The Balaban J connectivity index is 1.87. The summed E-state index contributed by atoms with van der Waals surface area (Å²) in [6.07, 6.45) is 0.577. The van der Waals surface area contributed by atoms with Crippen molar-refractivity contribution in [2.24, 2.45) is 0 Å². The summed E-state index contributed by atoms with van der Waals surface area (Å²) >= 11 is 1.21. The van der Waals surface area contributed by atoms with Crippen LogP contribution in [0, 0.1) is 10.1 Å². The molecule has 3 rings (SSSR count). The molecule has 1 fully saturated rings. The molecule has 1 aliphatic rings. The topological polar surface area (TPSA) is 99.0 Å². The van der Waals surface area contributed by atoms with E-state index in [-0.39, 0.29) is 17.2 Å². The van der Waals surface area contributed by atoms with Gasteiger partial charge in [0.05, 0.1) is 28.6 Å². The molecule has 0 aliphatic carbocycles. The maximum absolute atomic E-state index is 13.0. The van der Waals surface area contributed by atoms with Gasteiger partial charge in [0.1, 0.15) is 0 Å². The van der Waals surface area contributed by atoms with Gasteiger partial charge < -0.3 is 14.4 Å². The molecular formula is C20H20N2O6S. The number of thioether (sulfide) groups is 1. The van der Waals surface area contributed by atoms with Crippen molar-refractivity contribution in [3.8, 4) is 0 Å². The van der Waals surface area contributed by atoms with Gasteiger partial charge in [-0.05, 0) is 18.4 Å². The predicted molar refractivity (Wildman–Crippen MR) is 107 cm³/mol. The van der Waals surface area contributed by atoms with E-state index >= 15 is 0 Å². The summed E-state index contributed by atoms with van der Waals surface area (Å²) in [4.78, 5) is 38.5. The van der Waals surface area contributed by atoms with Crippen LogP contribution in [0.5, 0.6) is 0 Å². The van der Waals surface area contributed by atoms with Gasteiger partial charge in [-0.25, -0.2) is 4.79 Å². The molecule has 0 radical (unpaired) electrons. The van der Waals surface area contributed by atoms with Gasteiger partial charge in [-0.3, -0.25) is 14.9 Å². The van der Waals surface area contributed by atoms with Crippen LogP contribution in [0.1, 0.15) is 22.0 Å². The minimum atomic E-state index is -1.14. The Morgan fingerprint density at radius 1 is 1.17 bits per heavy atom. The van der Waals surface area contributed by atoms with E-state index in [1.165, 1.54) is 30.0 Å². The molecule has 1 heterocycles. The van der Waals surface area contributed by atoms with Gasteiger partial charge in [0, 0.05) is 24.7 Å². The summed E-state index contributed by atoms with van der Waals surface area (Å²) in [7, 11) is 0. The van der Waals surface area contributed by atoms with Crippen LogP contribution in [0.25, 0.3) is 0 Å². The van der Waals surface area contributed by atoms with Crippen LogP contribution in [-0.2, 0) is 14.3 Å². The zero-order valence-corrected chi connectivity index (χ0v) is 16.6. The van der Waals surface area contributed by atoms with Gasteiger partial charge in [0.15, 0.2) is 0 Å². The first-order chi connectivity index (χ1) is 14.0. The van der Waals surface area contributed by atoms with Crippen molar-refractivity contribution < 1.29 is 24.0 Å². The van der Waals surface area contributed by atoms with Crippen molar-refractivity contribution in [2.75, 3.05) is 32.6 Å². The molecule has 1 saturated heterocycles. The van der Waals surface area contributed by atoms with Crippen molar-refractivity contribution in [2.45, 2.75) is 11.0 Å². The smallest absolute Gasteiger partial charge is 0.339 e. The second kappa shape index (κ2) is 9.53. The molecule has 152 valence electrons. The number of amides is 1. The Kier molecular flexibility index (Phi) is 6.84. The minimum absolute atomic E-state index is 0.0187. The van der Waals surface area contributed by atoms with Crippen LogP contribution in [-0.4, -0.2) is 54.3 Å². The molecule has 8 nitrogen and oxygen atoms in total. The fourth-order valence-corrected chi connectivity index (χ4v) is 3.52. The number of hydrogen-bond donors (Lipinski definition) is 0. The lowest BCUT2D eigenvalue weighted by Crippen LogP contribution is -2.44. The lowest BCUT2D eigenvalue weighted by molar-refractivity contribution is -0.387. The summed E-state index contributed by atoms with van der Waals surface area (Å²) < 4.78 is 10.8. The van der Waals surface area contributed by atoms with E-state index in [0.717, 1.165) is 0 Å². The number of esters is 1. The lowest BCUT2D eigenvalue weighted by atomic mass is 10.1. The average Bonchev–Trinajstić information content (AvgIpc) is 2.77. The van der Waals surface area contributed by atoms with Crippen molar-refractivity contribution in [3.63, 3.8) is 0 Å². The number of nitrogens with zero attached hydrogens (tertiary/aromatic N) is 2. The van der Waals surface area contributed by atoms with Crippen molar-refractivity contribution in [3.05, 3.63) is 69.8 Å². The fourth-order valence-electron chi connectivity index (χ4n) is 2.97. The second-order valence-corrected chi connectivity index (χ2v) is 7.13. The minimum Gasteiger partial charge on any atom is -0.444 e. The first kappa shape index (κ1) is 20.8. The van der Waals surface area contributed by atoms with Gasteiger partial charge in [-0.15, -0.1) is 11.8 Å². The molecule has 2 aromatic carbocycles. The van der Waals surface area contributed by atoms with E-state index < -0.39 is 17.0 Å². The standard InChI is InChI=1S/C20H20N2O6S/c1-29-17-8-7-15(13-16(17)22(25)26)20(24)28-18(14-5-3-2-4-6-14)19(23)21-9-11-27-12-10-21/h2-8,13,18H,9-12H2,1H3. The number of morpholine rings is 1. The van der Waals surface area contributed by atoms with Gasteiger partial charge >= 0.3 is 5.97 Å². The first-order valence-electron chi connectivity index (χ1n) is 8.96. The van der Waals surface area contributed by atoms with Crippen LogP contribution in [0.4, 0.5) is 5.69 Å². The second-order valence-electron chi connectivity index (χ2n) is 6.28. The third kappa shape index (κ3) is 4.93. The number of carbonyl (C=O) groups is 2. The monoisotopic (exact) mass is 416 g/mol. The molecule has 0 spiro atoms. The van der Waals surface area contributed by atoms with Crippen molar-refractivity contribution in [1.29, 1.82) is 0 Å². The van der Waals surface area contributed by atoms with E-state index in [4.69, 9.17) is 9.47 Å². The average molecular weight is 416 g/mol. The number of nitro groups is 1. The van der Waals surface area contributed by atoms with Gasteiger partial charge in [-0.2, -0.15) is 0 Å². The van der Waals surface area contributed by atoms with Crippen LogP contribution in [0.2, 0.25) is 0 Å². The molecule has 1 aliphatic heterocycles. The van der Waals surface area contributed by atoms with Crippen LogP contribution < -0.4 is 0 Å². The molecule has 0 saturated carbocycles. The largest absolute Gasteiger partial charge is 0.444 e. The fraction of sp³-hybridized carbons (Fsp3) is 0.300. The van der Waals surface area contributed by atoms with Gasteiger partial charge in [0.25, 0.3) is 11.6 Å². The summed E-state index contributed by atoms with van der Waals surface area (Å²) in [6.45, 7) is 1.66. The number of benzene rings is 2. The summed E-state index contributed by atoms with van der Waals surface area (Å²) in [6, 6.07) is 12.8. The quantitative estimate of drug-likeness (QED) is 0.309. The van der Waals surface area contributed by atoms with Crippen LogP contribution >= 0.6 is 11.8 Å². The summed E-state index contributed by atoms with van der Waals surface area (Å²) in [5.74, 6) is -1.14. The molecule has 1 unspecified atom stereocenters. The van der Waals surface area contributed by atoms with E-state index in [9.17, 15) is 19.7 Å². The number of ether oxygens (including phenoxy) is 2. The highest BCUT2D eigenvalue weighted by Gasteiger charge is 2.31. The molecule has 0 aromatic heterocycles. The maximum Gasteiger partial charge on any atom is 0.339 e. The summed E-state index contributed by atoms with van der Waals surface area (Å²) in [5.41, 5.74) is 0.375. The highest BCUT2D eigenvalue weighted by atomic mass is 32.2. The predicted octanol–water partition coefficient (Wildman–Crippen LogP) is 3.07. The van der Waals surface area contributed by atoms with E-state index in [1.54, 1.807) is 41.5 Å². The molecule has 0 bridgehead atoms. The molecule has 9 heteroatoms. The van der Waals surface area contributed by atoms with Crippen LogP contribution in [0.3, 0.4) is 0 Å². The SMILES string of the molecule is CSc1ccc(C(=O)OC(C(=O)N2CCOCC2)c2ccccc2)cc1[N+](=O)[O-]. The Morgan fingerprint density at radius 2 is 1.86 bits per heavy atom. The van der Waals surface area contributed by atoms with Gasteiger partial charge in [-0.1, -0.05) is 30.3 Å². The molecule has 1 atom stereocenters. The molecule has 29 heavy (non-hydrogen) atoms. The number of carbonyl (C=O) groups excluding carboxylic acids is 2. The lowest BCUT2D eigenvalue weighted by Gasteiger charge is -2.30. The normalized spacial score (nSPS) is 14.9. The summed E-state index contributed by atoms with van der Waals surface area (Å²) in [5, 5.41) is 11.3. The van der Waals surface area contributed by atoms with E-state index in [1.807, 2.05) is 0 Å². The number of hydrogen-bond acceptors (Lipinski definition) is 7. The number of rotatable bonds is 6. The Morgan fingerprint density at radius 3 is 2.48 bits per heavy atom. The van der Waals surface area contributed by atoms with Gasteiger partial charge in [0.2, 0.25) is 6.10 Å². The highest BCUT2D eigenvalue weighted by Crippen LogP contribution is 2.29. The van der Waals surface area contributed by atoms with E-state index in [0.29, 0.717) is 36.8 Å². The zero-order valence-electron chi connectivity index (χ0n) is 15.8. The molecular weight excluding hydrogens is 396 g/mol. The van der Waals surface area contributed by atoms with Crippen LogP contribution in [0.15, 0.2) is 53.4 Å². The van der Waals surface area contributed by atoms with Crippen molar-refractivity contribution >= 4 is 29.3 Å². The Hall–Kier alpha value is -2.91. The van der Waals surface area contributed by atoms with E-state index in [2.05, 4.69) is 0 Å². The Bertz CT molecular complexity index is 899. The zero-order chi connectivity index (χ0) is 20.8. The van der Waals surface area contributed by atoms with Crippen molar-refractivity contribution in [1.82, 2.24) is 4.90 Å². The molecule has 1 amide bonds. The third-order valence-corrected chi connectivity index (χ3v) is 5.27. The first-order valence-corrected chi connectivity index (χ1v) is 10.2.